The average Bonchev–Trinajstić information content (AvgIpc) is 2.16. The van der Waals surface area contributed by atoms with E-state index in [0.717, 1.165) is 0 Å². The van der Waals surface area contributed by atoms with Crippen molar-refractivity contribution < 1.29 is 21.8 Å². The molecule has 1 aromatic heterocycles. The van der Waals surface area contributed by atoms with Crippen molar-refractivity contribution in [2.45, 2.75) is 0 Å². The number of hydrogen-bond donors (Lipinski definition) is 0. The summed E-state index contributed by atoms with van der Waals surface area (Å²) < 4.78 is 41.1. The highest BCUT2D eigenvalue weighted by atomic mass is 19.5. The van der Waals surface area contributed by atoms with Gasteiger partial charge in [0.2, 0.25) is 5.52 Å². The molecule has 0 saturated heterocycles. The molecule has 0 aliphatic rings. The molecule has 0 bridgehead atoms. The second-order valence-corrected chi connectivity index (χ2v) is 3.17. The lowest BCUT2D eigenvalue weighted by molar-refractivity contribution is -0.644. The van der Waals surface area contributed by atoms with Gasteiger partial charge in [0.15, 0.2) is 6.20 Å². The number of aryl methyl sites for hydroxylation is 1. The molecule has 0 amide bonds. The number of aromatic nitrogens is 1. The third kappa shape index (κ3) is 4.29. The van der Waals surface area contributed by atoms with Crippen molar-refractivity contribution in [3.63, 3.8) is 0 Å². The summed E-state index contributed by atoms with van der Waals surface area (Å²) in [6.45, 7) is 0. The molecular weight excluding hydrogens is 221 g/mol. The second-order valence-electron chi connectivity index (χ2n) is 3.17. The van der Waals surface area contributed by atoms with Crippen LogP contribution in [0.15, 0.2) is 42.6 Å². The fourth-order valence-electron chi connectivity index (χ4n) is 1.31. The standard InChI is InChI=1S/C10H10N.BF4/c1-11-8-4-6-9-5-2-3-7-10(9)11;2-1(3,4)5/h2-8H,1H3;/q+1;-1. The van der Waals surface area contributed by atoms with E-state index in [0.29, 0.717) is 0 Å². The van der Waals surface area contributed by atoms with E-state index in [1.54, 1.807) is 0 Å². The second kappa shape index (κ2) is 4.96. The van der Waals surface area contributed by atoms with Gasteiger partial charge in [0, 0.05) is 17.5 Å². The summed E-state index contributed by atoms with van der Waals surface area (Å²) in [5.41, 5.74) is 1.27. The molecule has 86 valence electrons. The fraction of sp³-hybridized carbons (Fsp3) is 0.100. The number of halogens is 4. The molecule has 0 saturated carbocycles. The molecule has 0 unspecified atom stereocenters. The highest BCUT2D eigenvalue weighted by molar-refractivity contribution is 6.50. The molecule has 0 spiro atoms. The maximum Gasteiger partial charge on any atom is 0.673 e. The number of para-hydroxylation sites is 1. The van der Waals surface area contributed by atoms with Crippen molar-refractivity contribution in [1.82, 2.24) is 0 Å². The summed E-state index contributed by atoms with van der Waals surface area (Å²) in [6, 6.07) is 12.5. The van der Waals surface area contributed by atoms with Gasteiger partial charge in [-0.25, -0.2) is 4.57 Å². The molecule has 0 aliphatic heterocycles. The Labute approximate surface area is 90.4 Å². The molecule has 1 nitrogen and oxygen atoms in total. The van der Waals surface area contributed by atoms with Gasteiger partial charge in [-0.1, -0.05) is 12.1 Å². The molecule has 2 rings (SSSR count). The lowest BCUT2D eigenvalue weighted by atomic mass is 10.2. The largest absolute Gasteiger partial charge is 0.673 e. The van der Waals surface area contributed by atoms with Crippen molar-refractivity contribution >= 4 is 18.2 Å². The summed E-state index contributed by atoms with van der Waals surface area (Å²) in [6.07, 6.45) is 2.06. The van der Waals surface area contributed by atoms with Gasteiger partial charge in [-0.05, 0) is 12.1 Å². The van der Waals surface area contributed by atoms with E-state index in [1.165, 1.54) is 10.9 Å². The van der Waals surface area contributed by atoms with Crippen LogP contribution in [0.2, 0.25) is 0 Å². The molecule has 16 heavy (non-hydrogen) atoms. The maximum absolute atomic E-state index is 9.75. The van der Waals surface area contributed by atoms with Crippen LogP contribution in [0.1, 0.15) is 0 Å². The molecule has 0 aliphatic carbocycles. The zero-order valence-corrected chi connectivity index (χ0v) is 8.58. The number of pyridine rings is 1. The summed E-state index contributed by atoms with van der Waals surface area (Å²) in [5, 5.41) is 1.29. The van der Waals surface area contributed by atoms with Crippen molar-refractivity contribution in [2.75, 3.05) is 0 Å². The highest BCUT2D eigenvalue weighted by Gasteiger charge is 2.20. The van der Waals surface area contributed by atoms with E-state index in [2.05, 4.69) is 54.2 Å². The number of fused-ring (bicyclic) bond motifs is 1. The van der Waals surface area contributed by atoms with Crippen LogP contribution in [-0.4, -0.2) is 7.25 Å². The van der Waals surface area contributed by atoms with E-state index in [-0.39, 0.29) is 0 Å². The Morgan fingerprint density at radius 1 is 0.938 bits per heavy atom. The van der Waals surface area contributed by atoms with Crippen LogP contribution in [-0.2, 0) is 7.05 Å². The minimum Gasteiger partial charge on any atom is -0.418 e. The third-order valence-electron chi connectivity index (χ3n) is 1.90. The van der Waals surface area contributed by atoms with Crippen LogP contribution >= 0.6 is 0 Å². The van der Waals surface area contributed by atoms with E-state index in [4.69, 9.17) is 0 Å². The van der Waals surface area contributed by atoms with Crippen LogP contribution in [0.25, 0.3) is 10.9 Å². The molecule has 0 N–H and O–H groups in total. The monoisotopic (exact) mass is 231 g/mol. The van der Waals surface area contributed by atoms with Crippen LogP contribution in [0, 0.1) is 0 Å². The van der Waals surface area contributed by atoms with Gasteiger partial charge < -0.3 is 17.3 Å². The van der Waals surface area contributed by atoms with Gasteiger partial charge in [0.1, 0.15) is 7.05 Å². The van der Waals surface area contributed by atoms with Gasteiger partial charge in [-0.3, -0.25) is 0 Å². The normalized spacial score (nSPS) is 10.8. The molecule has 0 fully saturated rings. The predicted molar refractivity (Wildman–Crippen MR) is 55.3 cm³/mol. The van der Waals surface area contributed by atoms with E-state index in [9.17, 15) is 17.3 Å². The van der Waals surface area contributed by atoms with Crippen molar-refractivity contribution in [2.24, 2.45) is 7.05 Å². The zero-order valence-electron chi connectivity index (χ0n) is 8.58. The zero-order chi connectivity index (χ0) is 12.2. The smallest absolute Gasteiger partial charge is 0.418 e. The highest BCUT2D eigenvalue weighted by Crippen LogP contribution is 2.07. The summed E-state index contributed by atoms with van der Waals surface area (Å²) >= 11 is 0. The Bertz CT molecular complexity index is 458. The first-order chi connectivity index (χ1) is 7.38. The number of hydrogen-bond acceptors (Lipinski definition) is 0. The van der Waals surface area contributed by atoms with E-state index >= 15 is 0 Å². The summed E-state index contributed by atoms with van der Waals surface area (Å²) in [4.78, 5) is 0. The molecule has 6 heteroatoms. The number of nitrogens with zero attached hydrogens (tertiary/aromatic N) is 1. The van der Waals surface area contributed by atoms with Gasteiger partial charge >= 0.3 is 7.25 Å². The minimum atomic E-state index is -6.00. The third-order valence-corrected chi connectivity index (χ3v) is 1.90. The van der Waals surface area contributed by atoms with Crippen molar-refractivity contribution in [3.8, 4) is 0 Å². The van der Waals surface area contributed by atoms with Crippen LogP contribution in [0.3, 0.4) is 0 Å². The summed E-state index contributed by atoms with van der Waals surface area (Å²) in [5.74, 6) is 0. The Hall–Kier alpha value is -1.59. The van der Waals surface area contributed by atoms with Crippen LogP contribution in [0.5, 0.6) is 0 Å². The first-order valence-corrected chi connectivity index (χ1v) is 4.58. The van der Waals surface area contributed by atoms with Gasteiger partial charge in [-0.15, -0.1) is 0 Å². The molecule has 0 atom stereocenters. The van der Waals surface area contributed by atoms with E-state index in [1.807, 2.05) is 0 Å². The first kappa shape index (κ1) is 12.5. The first-order valence-electron chi connectivity index (χ1n) is 4.58. The van der Waals surface area contributed by atoms with Crippen LogP contribution < -0.4 is 4.57 Å². The maximum atomic E-state index is 9.75. The van der Waals surface area contributed by atoms with Gasteiger partial charge in [0.05, 0.1) is 0 Å². The Kier molecular flexibility index (Phi) is 3.87. The van der Waals surface area contributed by atoms with Crippen LogP contribution in [0.4, 0.5) is 17.3 Å². The quantitative estimate of drug-likeness (QED) is 0.372. The Balaban J connectivity index is 0.000000221. The SMILES string of the molecule is C[n+]1cccc2ccccc21.F[B-](F)(F)F. The summed E-state index contributed by atoms with van der Waals surface area (Å²) in [7, 11) is -3.94. The van der Waals surface area contributed by atoms with E-state index < -0.39 is 7.25 Å². The lowest BCUT2D eigenvalue weighted by Crippen LogP contribution is -2.27. The molecule has 0 radical (unpaired) electrons. The molecule has 1 aromatic carbocycles. The lowest BCUT2D eigenvalue weighted by Gasteiger charge is -1.94. The fourth-order valence-corrected chi connectivity index (χ4v) is 1.31. The topological polar surface area (TPSA) is 3.88 Å². The Morgan fingerprint density at radius 3 is 2.00 bits per heavy atom. The van der Waals surface area contributed by atoms with Gasteiger partial charge in [0.25, 0.3) is 0 Å². The Morgan fingerprint density at radius 2 is 1.44 bits per heavy atom. The van der Waals surface area contributed by atoms with Gasteiger partial charge in [-0.2, -0.15) is 0 Å². The molecule has 2 aromatic rings. The molecule has 1 heterocycles. The molecular formula is C10H10BF4N. The number of rotatable bonds is 0. The van der Waals surface area contributed by atoms with Crippen molar-refractivity contribution in [3.05, 3.63) is 42.6 Å². The predicted octanol–water partition coefficient (Wildman–Crippen LogP) is 2.96. The average molecular weight is 231 g/mol. The minimum absolute atomic E-state index is 1.27. The number of benzene rings is 1. The van der Waals surface area contributed by atoms with Crippen molar-refractivity contribution in [1.29, 1.82) is 0 Å².